The van der Waals surface area contributed by atoms with Gasteiger partial charge in [0.15, 0.2) is 5.17 Å². The van der Waals surface area contributed by atoms with Crippen molar-refractivity contribution in [1.82, 2.24) is 10.2 Å². The molecule has 0 aromatic heterocycles. The molecule has 0 aliphatic carbocycles. The third-order valence-electron chi connectivity index (χ3n) is 6.75. The van der Waals surface area contributed by atoms with Crippen molar-refractivity contribution in [2.75, 3.05) is 19.0 Å². The highest BCUT2D eigenvalue weighted by Gasteiger charge is 2.43. The number of hydrogen-bond donors (Lipinski definition) is 2. The lowest BCUT2D eigenvalue weighted by Crippen LogP contribution is -2.43. The number of amidine groups is 2. The number of aliphatic imine (C=N–C) groups is 2. The Morgan fingerprint density at radius 2 is 1.83 bits per heavy atom. The fourth-order valence-electron chi connectivity index (χ4n) is 4.63. The molecule has 2 N–H and O–H groups in total. The number of para-hydroxylation sites is 1. The Bertz CT molecular complexity index is 1510. The van der Waals surface area contributed by atoms with Gasteiger partial charge in [-0.1, -0.05) is 67.2 Å². The van der Waals surface area contributed by atoms with Gasteiger partial charge in [-0.2, -0.15) is 0 Å². The molecule has 2 atom stereocenters. The highest BCUT2D eigenvalue weighted by atomic mass is 32.2. The Kier molecular flexibility index (Phi) is 8.79. The van der Waals surface area contributed by atoms with Crippen LogP contribution in [0.2, 0.25) is 0 Å². The normalized spacial score (nSPS) is 16.2. The number of methoxy groups -OCH3 is 1. The number of carbonyl (C=O) groups is 3. The largest absolute Gasteiger partial charge is 0.497 e. The lowest BCUT2D eigenvalue weighted by atomic mass is 10.1. The summed E-state index contributed by atoms with van der Waals surface area (Å²) in [7, 11) is 1.57. The first-order valence-corrected chi connectivity index (χ1v) is 14.4. The number of nitrogens with zero attached hydrogens (tertiary/aromatic N) is 3. The number of fused-ring (bicyclic) bond motifs is 3. The van der Waals surface area contributed by atoms with Gasteiger partial charge in [-0.05, 0) is 42.7 Å². The average molecular weight is 570 g/mol. The molecular weight excluding hydrogens is 538 g/mol. The first-order valence-electron chi connectivity index (χ1n) is 13.5. The molecule has 10 heteroatoms. The third-order valence-corrected chi connectivity index (χ3v) is 8.07. The van der Waals surface area contributed by atoms with Crippen molar-refractivity contribution in [2.24, 2.45) is 9.98 Å². The molecule has 0 unspecified atom stereocenters. The van der Waals surface area contributed by atoms with E-state index in [-0.39, 0.29) is 24.1 Å². The fourth-order valence-corrected chi connectivity index (χ4v) is 5.65. The first-order chi connectivity index (χ1) is 20.0. The molecule has 9 nitrogen and oxygen atoms in total. The van der Waals surface area contributed by atoms with Gasteiger partial charge >= 0.3 is 0 Å². The zero-order chi connectivity index (χ0) is 28.8. The van der Waals surface area contributed by atoms with E-state index in [1.165, 1.54) is 16.7 Å². The Balaban J connectivity index is 1.30. The van der Waals surface area contributed by atoms with Crippen LogP contribution >= 0.6 is 11.8 Å². The predicted octanol–water partition coefficient (Wildman–Crippen LogP) is 4.55. The summed E-state index contributed by atoms with van der Waals surface area (Å²) in [6, 6.07) is 23.6. The van der Waals surface area contributed by atoms with E-state index < -0.39 is 11.3 Å². The second-order valence-corrected chi connectivity index (χ2v) is 10.7. The molecule has 0 radical (unpaired) electrons. The zero-order valence-corrected chi connectivity index (χ0v) is 23.7. The second-order valence-electron chi connectivity index (χ2n) is 9.58. The minimum atomic E-state index is -0.871. The van der Waals surface area contributed by atoms with E-state index in [1.54, 1.807) is 31.4 Å². The number of thioether (sulfide) groups is 1. The summed E-state index contributed by atoms with van der Waals surface area (Å²) in [5.74, 6) is 0.296. The van der Waals surface area contributed by atoms with Crippen LogP contribution in [0.5, 0.6) is 5.75 Å². The van der Waals surface area contributed by atoms with Crippen LogP contribution in [0.25, 0.3) is 0 Å². The number of carbonyl (C=O) groups excluding carboxylic acids is 3. The summed E-state index contributed by atoms with van der Waals surface area (Å²) in [6.07, 6.45) is 1.13. The molecule has 0 spiro atoms. The monoisotopic (exact) mass is 569 g/mol. The summed E-state index contributed by atoms with van der Waals surface area (Å²) in [4.78, 5) is 50.5. The number of nitrogens with one attached hydrogen (secondary N) is 2. The first kappa shape index (κ1) is 28.1. The van der Waals surface area contributed by atoms with Crippen molar-refractivity contribution in [1.29, 1.82) is 0 Å². The fraction of sp³-hybridized carbons (Fsp3) is 0.258. The minimum Gasteiger partial charge on any atom is -0.497 e. The van der Waals surface area contributed by atoms with Crippen LogP contribution in [0.3, 0.4) is 0 Å². The van der Waals surface area contributed by atoms with Crippen molar-refractivity contribution in [3.8, 4) is 5.75 Å². The molecular formula is C31H31N5O4S. The zero-order valence-electron chi connectivity index (χ0n) is 22.9. The number of benzene rings is 3. The quantitative estimate of drug-likeness (QED) is 0.372. The van der Waals surface area contributed by atoms with Crippen LogP contribution in [0, 0.1) is 0 Å². The number of rotatable bonds is 10. The average Bonchev–Trinajstić information content (AvgIpc) is 3.32. The number of amides is 3. The van der Waals surface area contributed by atoms with E-state index in [9.17, 15) is 14.4 Å². The van der Waals surface area contributed by atoms with Gasteiger partial charge in [-0.25, -0.2) is 9.89 Å². The van der Waals surface area contributed by atoms with Gasteiger partial charge in [0.05, 0.1) is 24.5 Å². The molecule has 2 heterocycles. The van der Waals surface area contributed by atoms with E-state index in [0.29, 0.717) is 53.1 Å². The van der Waals surface area contributed by atoms with Gasteiger partial charge in [0.1, 0.15) is 17.6 Å². The molecule has 3 amide bonds. The van der Waals surface area contributed by atoms with E-state index >= 15 is 0 Å². The van der Waals surface area contributed by atoms with E-state index in [0.717, 1.165) is 5.56 Å². The van der Waals surface area contributed by atoms with Gasteiger partial charge in [0.25, 0.3) is 5.91 Å². The second kappa shape index (κ2) is 12.8. The molecule has 3 aromatic rings. The van der Waals surface area contributed by atoms with Crippen molar-refractivity contribution in [3.63, 3.8) is 0 Å². The molecule has 5 rings (SSSR count). The number of ether oxygens (including phenoxy) is 1. The van der Waals surface area contributed by atoms with Gasteiger partial charge in [-0.3, -0.25) is 19.4 Å². The Labute approximate surface area is 243 Å². The topological polar surface area (TPSA) is 112 Å². The van der Waals surface area contributed by atoms with Gasteiger partial charge in [0.2, 0.25) is 11.8 Å². The summed E-state index contributed by atoms with van der Waals surface area (Å²) in [6.45, 7) is 2.37. The van der Waals surface area contributed by atoms with E-state index in [4.69, 9.17) is 9.73 Å². The smallest absolute Gasteiger partial charge is 0.259 e. The SMILES string of the molecule is CC[C@@H](SC1=Nc2ccccc2C2=N[C@@H](CC(=O)NCCc3ccccc3)C(=O)N12)C(=O)Nc1cccc(OC)c1. The molecule has 0 fully saturated rings. The lowest BCUT2D eigenvalue weighted by molar-refractivity contribution is -0.128. The van der Waals surface area contributed by atoms with Crippen molar-refractivity contribution in [2.45, 2.75) is 37.5 Å². The Morgan fingerprint density at radius 1 is 1.05 bits per heavy atom. The van der Waals surface area contributed by atoms with Gasteiger partial charge in [-0.15, -0.1) is 0 Å². The summed E-state index contributed by atoms with van der Waals surface area (Å²) in [5, 5.41) is 5.67. The minimum absolute atomic E-state index is 0.0682. The van der Waals surface area contributed by atoms with Gasteiger partial charge < -0.3 is 15.4 Å². The lowest BCUT2D eigenvalue weighted by Gasteiger charge is -2.27. The Hall–Kier alpha value is -4.44. The molecule has 2 aliphatic rings. The summed E-state index contributed by atoms with van der Waals surface area (Å²) >= 11 is 1.21. The van der Waals surface area contributed by atoms with Crippen LogP contribution in [0.15, 0.2) is 88.8 Å². The third kappa shape index (κ3) is 6.49. The van der Waals surface area contributed by atoms with Crippen LogP contribution in [0.1, 0.15) is 30.9 Å². The Morgan fingerprint density at radius 3 is 2.61 bits per heavy atom. The van der Waals surface area contributed by atoms with Crippen molar-refractivity contribution >= 4 is 51.9 Å². The maximum absolute atomic E-state index is 13.6. The molecule has 0 saturated carbocycles. The molecule has 41 heavy (non-hydrogen) atoms. The van der Waals surface area contributed by atoms with E-state index in [2.05, 4.69) is 15.6 Å². The number of hydrogen-bond acceptors (Lipinski definition) is 7. The predicted molar refractivity (Wildman–Crippen MR) is 162 cm³/mol. The van der Waals surface area contributed by atoms with E-state index in [1.807, 2.05) is 61.5 Å². The van der Waals surface area contributed by atoms with Crippen molar-refractivity contribution in [3.05, 3.63) is 90.0 Å². The van der Waals surface area contributed by atoms with Crippen LogP contribution in [-0.4, -0.2) is 58.6 Å². The van der Waals surface area contributed by atoms with Gasteiger partial charge in [0, 0.05) is 23.9 Å². The molecule has 0 saturated heterocycles. The number of anilines is 1. The highest BCUT2D eigenvalue weighted by Crippen LogP contribution is 2.36. The van der Waals surface area contributed by atoms with Crippen LogP contribution in [-0.2, 0) is 20.8 Å². The highest BCUT2D eigenvalue weighted by molar-refractivity contribution is 8.15. The molecule has 3 aromatic carbocycles. The standard InChI is InChI=1S/C31H31N5O4S/c1-3-26(29(38)33-21-12-9-13-22(18-21)40-2)41-31-35-24-15-8-7-14-23(24)28-34-25(30(39)36(28)31)19-27(37)32-17-16-20-10-5-4-6-11-20/h4-15,18,25-26H,3,16-17,19H2,1-2H3,(H,32,37)(H,33,38)/t25-,26+/m0/s1. The maximum Gasteiger partial charge on any atom is 0.259 e. The van der Waals surface area contributed by atoms with Crippen molar-refractivity contribution < 1.29 is 19.1 Å². The summed E-state index contributed by atoms with van der Waals surface area (Å²) < 4.78 is 5.26. The molecule has 2 aliphatic heterocycles. The molecule has 210 valence electrons. The maximum atomic E-state index is 13.6. The van der Waals surface area contributed by atoms with Crippen LogP contribution in [0.4, 0.5) is 11.4 Å². The summed E-state index contributed by atoms with van der Waals surface area (Å²) in [5.41, 5.74) is 3.11. The van der Waals surface area contributed by atoms with Crippen LogP contribution < -0.4 is 15.4 Å². The molecule has 0 bridgehead atoms.